The van der Waals surface area contributed by atoms with Crippen LogP contribution in [0.3, 0.4) is 0 Å². The molecule has 0 unspecified atom stereocenters. The minimum Gasteiger partial charge on any atom is -0.484 e. The first-order valence-corrected chi connectivity index (χ1v) is 12.0. The van der Waals surface area contributed by atoms with E-state index in [1.54, 1.807) is 0 Å². The van der Waals surface area contributed by atoms with Gasteiger partial charge in [-0.05, 0) is 69.7 Å². The fourth-order valence-electron chi connectivity index (χ4n) is 3.37. The van der Waals surface area contributed by atoms with Crippen molar-refractivity contribution in [1.29, 1.82) is 0 Å². The highest BCUT2D eigenvalue weighted by atomic mass is 32.2. The molecule has 2 N–H and O–H groups in total. The first-order chi connectivity index (χ1) is 15.2. The number of hydrogen-bond acceptors (Lipinski definition) is 6. The summed E-state index contributed by atoms with van der Waals surface area (Å²) in [4.78, 5) is 26.4. The van der Waals surface area contributed by atoms with E-state index in [1.807, 2.05) is 38.2 Å². The maximum absolute atomic E-state index is 12.5. The van der Waals surface area contributed by atoms with E-state index in [9.17, 15) is 18.0 Å². The number of likely N-dealkylation sites (tertiary alicyclic amines) is 1. The van der Waals surface area contributed by atoms with Crippen LogP contribution in [0, 0.1) is 12.8 Å². The Bertz CT molecular complexity index is 1030. The third-order valence-corrected chi connectivity index (χ3v) is 6.80. The number of carbonyl (C=O) groups excluding carboxylic acids is 2. The summed E-state index contributed by atoms with van der Waals surface area (Å²) in [6, 6.07) is 13.5. The van der Waals surface area contributed by atoms with E-state index in [2.05, 4.69) is 14.9 Å². The molecule has 3 rings (SSSR count). The molecule has 1 fully saturated rings. The van der Waals surface area contributed by atoms with E-state index in [1.165, 1.54) is 24.3 Å². The Morgan fingerprint density at radius 2 is 1.66 bits per heavy atom. The Morgan fingerprint density at radius 1 is 1.03 bits per heavy atom. The summed E-state index contributed by atoms with van der Waals surface area (Å²) < 4.78 is 32.6. The first kappa shape index (κ1) is 23.7. The van der Waals surface area contributed by atoms with Crippen LogP contribution < -0.4 is 14.8 Å². The molecule has 32 heavy (non-hydrogen) atoms. The topological polar surface area (TPSA) is 105 Å². The largest absolute Gasteiger partial charge is 0.484 e. The van der Waals surface area contributed by atoms with Crippen molar-refractivity contribution in [2.24, 2.45) is 5.92 Å². The molecule has 1 heterocycles. The fourth-order valence-corrected chi connectivity index (χ4v) is 4.41. The maximum Gasteiger partial charge on any atom is 0.264 e. The van der Waals surface area contributed by atoms with Crippen LogP contribution in [0.5, 0.6) is 5.75 Å². The second kappa shape index (κ2) is 10.6. The van der Waals surface area contributed by atoms with Gasteiger partial charge in [-0.1, -0.05) is 29.8 Å². The lowest BCUT2D eigenvalue weighted by molar-refractivity contribution is -0.124. The molecule has 2 amide bonds. The third kappa shape index (κ3) is 6.80. The van der Waals surface area contributed by atoms with Gasteiger partial charge in [0.05, 0.1) is 4.90 Å². The Kier molecular flexibility index (Phi) is 7.87. The van der Waals surface area contributed by atoms with Crippen molar-refractivity contribution in [3.63, 3.8) is 0 Å². The predicted molar refractivity (Wildman–Crippen MR) is 121 cm³/mol. The molecule has 0 atom stereocenters. The summed E-state index contributed by atoms with van der Waals surface area (Å²) in [5.74, 6) is -0.700. The summed E-state index contributed by atoms with van der Waals surface area (Å²) in [7, 11) is -1.99. The summed E-state index contributed by atoms with van der Waals surface area (Å²) in [5.41, 5.74) is 2.14. The lowest BCUT2D eigenvalue weighted by Gasteiger charge is -2.27. The molecule has 0 bridgehead atoms. The number of hydrogen-bond donors (Lipinski definition) is 2. The van der Waals surface area contributed by atoms with Gasteiger partial charge in [0.2, 0.25) is 5.91 Å². The lowest BCUT2D eigenvalue weighted by atomic mass is 9.97. The second-order valence-electron chi connectivity index (χ2n) is 8.07. The smallest absolute Gasteiger partial charge is 0.264 e. The van der Waals surface area contributed by atoms with E-state index in [0.29, 0.717) is 25.1 Å². The van der Waals surface area contributed by atoms with Crippen LogP contribution in [0.15, 0.2) is 53.4 Å². The van der Waals surface area contributed by atoms with Crippen LogP contribution >= 0.6 is 0 Å². The maximum atomic E-state index is 12.5. The highest BCUT2D eigenvalue weighted by Crippen LogP contribution is 2.19. The highest BCUT2D eigenvalue weighted by molar-refractivity contribution is 7.90. The molecule has 172 valence electrons. The summed E-state index contributed by atoms with van der Waals surface area (Å²) in [5, 5.41) is 2.77. The SMILES string of the molecule is Cc1ccc(CNC(=O)COc2ccc(S(=O)(=O)NC(=O)C3CCN(C)CC3)cc2)cc1. The number of carbonyl (C=O) groups is 2. The number of benzene rings is 2. The zero-order chi connectivity index (χ0) is 23.1. The first-order valence-electron chi connectivity index (χ1n) is 10.5. The van der Waals surface area contributed by atoms with E-state index >= 15 is 0 Å². The number of nitrogens with one attached hydrogen (secondary N) is 2. The van der Waals surface area contributed by atoms with Crippen molar-refractivity contribution in [3.05, 3.63) is 59.7 Å². The van der Waals surface area contributed by atoms with Crippen molar-refractivity contribution in [2.75, 3.05) is 26.7 Å². The standard InChI is InChI=1S/C23H29N3O5S/c1-17-3-5-18(6-4-17)15-24-22(27)16-31-20-7-9-21(10-8-20)32(29,30)25-23(28)19-11-13-26(2)14-12-19/h3-10,19H,11-16H2,1-2H3,(H,24,27)(H,25,28). The van der Waals surface area contributed by atoms with E-state index in [-0.39, 0.29) is 23.3 Å². The van der Waals surface area contributed by atoms with Crippen molar-refractivity contribution in [2.45, 2.75) is 31.2 Å². The van der Waals surface area contributed by atoms with Crippen LogP contribution in [0.2, 0.25) is 0 Å². The predicted octanol–water partition coefficient (Wildman–Crippen LogP) is 1.84. The molecule has 0 saturated carbocycles. The molecule has 2 aromatic rings. The monoisotopic (exact) mass is 459 g/mol. The Balaban J connectivity index is 1.47. The van der Waals surface area contributed by atoms with Crippen molar-refractivity contribution in [3.8, 4) is 5.75 Å². The van der Waals surface area contributed by atoms with Crippen molar-refractivity contribution < 1.29 is 22.7 Å². The van der Waals surface area contributed by atoms with Gasteiger partial charge >= 0.3 is 0 Å². The van der Waals surface area contributed by atoms with Crippen LogP contribution in [-0.2, 0) is 26.2 Å². The van der Waals surface area contributed by atoms with Crippen LogP contribution in [0.25, 0.3) is 0 Å². The lowest BCUT2D eigenvalue weighted by Crippen LogP contribution is -2.41. The van der Waals surface area contributed by atoms with Gasteiger partial charge in [0, 0.05) is 12.5 Å². The average Bonchev–Trinajstić information content (AvgIpc) is 2.77. The number of amides is 2. The van der Waals surface area contributed by atoms with Crippen LogP contribution in [0.1, 0.15) is 24.0 Å². The van der Waals surface area contributed by atoms with E-state index < -0.39 is 15.9 Å². The van der Waals surface area contributed by atoms with Gasteiger partial charge in [0.1, 0.15) is 5.75 Å². The molecule has 9 heteroatoms. The molecule has 2 aromatic carbocycles. The van der Waals surface area contributed by atoms with Gasteiger partial charge in [-0.25, -0.2) is 13.1 Å². The summed E-state index contributed by atoms with van der Waals surface area (Å²) in [6.45, 7) is 3.74. The number of piperidine rings is 1. The quantitative estimate of drug-likeness (QED) is 0.624. The third-order valence-electron chi connectivity index (χ3n) is 5.44. The molecular formula is C23H29N3O5S. The van der Waals surface area contributed by atoms with Crippen molar-refractivity contribution >= 4 is 21.8 Å². The molecule has 0 radical (unpaired) electrons. The van der Waals surface area contributed by atoms with E-state index in [0.717, 1.165) is 24.2 Å². The molecule has 1 aliphatic rings. The second-order valence-corrected chi connectivity index (χ2v) is 9.75. The molecule has 0 aromatic heterocycles. The minimum atomic E-state index is -3.96. The van der Waals surface area contributed by atoms with Gasteiger partial charge in [-0.3, -0.25) is 9.59 Å². The van der Waals surface area contributed by atoms with E-state index in [4.69, 9.17) is 4.74 Å². The van der Waals surface area contributed by atoms with Gasteiger partial charge < -0.3 is 15.0 Å². The zero-order valence-electron chi connectivity index (χ0n) is 18.3. The van der Waals surface area contributed by atoms with Crippen molar-refractivity contribution in [1.82, 2.24) is 14.9 Å². The Labute approximate surface area is 189 Å². The molecule has 8 nitrogen and oxygen atoms in total. The molecule has 1 saturated heterocycles. The number of rotatable bonds is 8. The van der Waals surface area contributed by atoms with Gasteiger partial charge in [-0.15, -0.1) is 0 Å². The van der Waals surface area contributed by atoms with Gasteiger partial charge in [0.15, 0.2) is 6.61 Å². The molecule has 0 aliphatic carbocycles. The zero-order valence-corrected chi connectivity index (χ0v) is 19.2. The summed E-state index contributed by atoms with van der Waals surface area (Å²) >= 11 is 0. The average molecular weight is 460 g/mol. The Hall–Kier alpha value is -2.91. The Morgan fingerprint density at radius 3 is 2.28 bits per heavy atom. The number of ether oxygens (including phenoxy) is 1. The number of nitrogens with zero attached hydrogens (tertiary/aromatic N) is 1. The molecule has 1 aliphatic heterocycles. The highest BCUT2D eigenvalue weighted by Gasteiger charge is 2.27. The number of aryl methyl sites for hydroxylation is 1. The van der Waals surface area contributed by atoms with Gasteiger partial charge in [-0.2, -0.15) is 0 Å². The van der Waals surface area contributed by atoms with Crippen LogP contribution in [-0.4, -0.2) is 51.9 Å². The molecular weight excluding hydrogens is 430 g/mol. The molecule has 0 spiro atoms. The summed E-state index contributed by atoms with van der Waals surface area (Å²) in [6.07, 6.45) is 1.27. The number of sulfonamides is 1. The van der Waals surface area contributed by atoms with Gasteiger partial charge in [0.25, 0.3) is 15.9 Å². The normalized spacial score (nSPS) is 15.2. The fraction of sp³-hybridized carbons (Fsp3) is 0.391. The van der Waals surface area contributed by atoms with Crippen LogP contribution in [0.4, 0.5) is 0 Å². The minimum absolute atomic E-state index is 0.0325.